The van der Waals surface area contributed by atoms with Crippen LogP contribution in [0.4, 0.5) is 0 Å². The van der Waals surface area contributed by atoms with Crippen LogP contribution in [0.5, 0.6) is 0 Å². The number of hydrogen-bond donors (Lipinski definition) is 8. The number of aromatic amines is 1. The topological polar surface area (TPSA) is 260 Å². The minimum absolute atomic E-state index is 0.0928. The number of thioether (sulfide) groups is 1. The lowest BCUT2D eigenvalue weighted by Crippen LogP contribution is -2.50. The van der Waals surface area contributed by atoms with Crippen molar-refractivity contribution in [2.24, 2.45) is 11.5 Å². The molecule has 0 saturated heterocycles. The van der Waals surface area contributed by atoms with Crippen molar-refractivity contribution in [2.45, 2.75) is 50.2 Å². The van der Waals surface area contributed by atoms with Gasteiger partial charge in [0.1, 0.15) is 24.7 Å². The van der Waals surface area contributed by atoms with Gasteiger partial charge in [0.2, 0.25) is 22.8 Å². The standard InChI is InChI=1S/C20H31N7O8S/c21-5-1-2-15(28)26-13(6-11-7-23-10-25-11)20(35)36-9-14(18(32)24-8-17(30)31)27-16(29)4-3-12(22)19(33)34/h7,10,12-14H,1-6,8-9,21-22H2,(H,23,25)(H,24,32)(H,26,28)(H,27,29)(H,30,31)(H,33,34). The number of carbonyl (C=O) groups is 6. The fourth-order valence-electron chi connectivity index (χ4n) is 2.75. The Morgan fingerprint density at radius 1 is 1.06 bits per heavy atom. The summed E-state index contributed by atoms with van der Waals surface area (Å²) in [6.45, 7) is -0.418. The van der Waals surface area contributed by atoms with Crippen LogP contribution in [0, 0.1) is 0 Å². The number of hydrogen-bond acceptors (Lipinski definition) is 10. The van der Waals surface area contributed by atoms with Crippen molar-refractivity contribution in [3.63, 3.8) is 0 Å². The number of carboxylic acids is 2. The Labute approximate surface area is 210 Å². The SMILES string of the molecule is NCCCC(=O)NC(Cc1cnc[nH]1)C(=O)SCC(NC(=O)CCC(N)C(=O)O)C(=O)NCC(=O)O. The van der Waals surface area contributed by atoms with E-state index in [0.717, 1.165) is 0 Å². The van der Waals surface area contributed by atoms with Gasteiger partial charge in [-0.2, -0.15) is 0 Å². The van der Waals surface area contributed by atoms with E-state index in [1.54, 1.807) is 0 Å². The summed E-state index contributed by atoms with van der Waals surface area (Å²) in [4.78, 5) is 78.1. The van der Waals surface area contributed by atoms with Crippen molar-refractivity contribution < 1.29 is 39.0 Å². The van der Waals surface area contributed by atoms with Gasteiger partial charge < -0.3 is 42.6 Å². The van der Waals surface area contributed by atoms with E-state index in [0.29, 0.717) is 30.4 Å². The minimum atomic E-state index is -1.32. The molecule has 0 bridgehead atoms. The van der Waals surface area contributed by atoms with E-state index in [4.69, 9.17) is 21.7 Å². The Balaban J connectivity index is 2.86. The van der Waals surface area contributed by atoms with Crippen molar-refractivity contribution in [1.82, 2.24) is 25.9 Å². The summed E-state index contributed by atoms with van der Waals surface area (Å²) in [5, 5.41) is 24.2. The molecule has 3 atom stereocenters. The third-order valence-electron chi connectivity index (χ3n) is 4.66. The van der Waals surface area contributed by atoms with Gasteiger partial charge in [0, 0.05) is 36.9 Å². The molecule has 0 radical (unpaired) electrons. The number of H-pyrrole nitrogens is 1. The lowest BCUT2D eigenvalue weighted by atomic mass is 10.1. The van der Waals surface area contributed by atoms with Gasteiger partial charge in [0.15, 0.2) is 0 Å². The second-order valence-corrected chi connectivity index (χ2v) is 8.66. The highest BCUT2D eigenvalue weighted by Gasteiger charge is 2.27. The van der Waals surface area contributed by atoms with Crippen LogP contribution in [0.3, 0.4) is 0 Å². The molecular formula is C20H31N7O8S. The minimum Gasteiger partial charge on any atom is -0.480 e. The van der Waals surface area contributed by atoms with Crippen LogP contribution in [-0.4, -0.2) is 91.9 Å². The molecule has 15 nitrogen and oxygen atoms in total. The molecule has 36 heavy (non-hydrogen) atoms. The van der Waals surface area contributed by atoms with E-state index in [1.807, 2.05) is 0 Å². The van der Waals surface area contributed by atoms with Gasteiger partial charge >= 0.3 is 11.9 Å². The average molecular weight is 530 g/mol. The van der Waals surface area contributed by atoms with E-state index in [9.17, 15) is 28.8 Å². The Kier molecular flexibility index (Phi) is 13.8. The van der Waals surface area contributed by atoms with Gasteiger partial charge in [-0.25, -0.2) is 4.98 Å². The fraction of sp³-hybridized carbons (Fsp3) is 0.550. The maximum Gasteiger partial charge on any atom is 0.322 e. The maximum atomic E-state index is 12.9. The van der Waals surface area contributed by atoms with Crippen molar-refractivity contribution in [1.29, 1.82) is 0 Å². The number of carboxylic acid groups (broad SMARTS) is 2. The molecule has 0 aliphatic rings. The highest BCUT2D eigenvalue weighted by molar-refractivity contribution is 8.13. The zero-order chi connectivity index (χ0) is 27.1. The summed E-state index contributed by atoms with van der Waals surface area (Å²) in [5.74, 6) is -4.84. The lowest BCUT2D eigenvalue weighted by Gasteiger charge is -2.20. The number of aliphatic carboxylic acids is 2. The second kappa shape index (κ2) is 16.2. The molecular weight excluding hydrogens is 498 g/mol. The quantitative estimate of drug-likeness (QED) is 0.103. The van der Waals surface area contributed by atoms with E-state index in [1.165, 1.54) is 12.5 Å². The van der Waals surface area contributed by atoms with Gasteiger partial charge in [-0.15, -0.1) is 0 Å². The van der Waals surface area contributed by atoms with Crippen LogP contribution in [-0.2, 0) is 35.2 Å². The Bertz CT molecular complexity index is 912. The average Bonchev–Trinajstić information content (AvgIpc) is 3.34. The number of nitrogens with one attached hydrogen (secondary N) is 4. The number of carbonyl (C=O) groups excluding carboxylic acids is 4. The molecule has 1 aromatic rings. The lowest BCUT2D eigenvalue weighted by molar-refractivity contribution is -0.139. The first kappa shape index (κ1) is 30.5. The zero-order valence-electron chi connectivity index (χ0n) is 19.4. The highest BCUT2D eigenvalue weighted by atomic mass is 32.2. The van der Waals surface area contributed by atoms with Crippen molar-refractivity contribution in [3.8, 4) is 0 Å². The summed E-state index contributed by atoms with van der Waals surface area (Å²) in [6, 6.07) is -3.57. The predicted octanol–water partition coefficient (Wildman–Crippen LogP) is -2.69. The smallest absolute Gasteiger partial charge is 0.322 e. The highest BCUT2D eigenvalue weighted by Crippen LogP contribution is 2.13. The van der Waals surface area contributed by atoms with Crippen molar-refractivity contribution in [3.05, 3.63) is 18.2 Å². The van der Waals surface area contributed by atoms with Crippen LogP contribution in [0.25, 0.3) is 0 Å². The maximum absolute atomic E-state index is 12.9. The molecule has 200 valence electrons. The number of aromatic nitrogens is 2. The Morgan fingerprint density at radius 2 is 1.72 bits per heavy atom. The zero-order valence-corrected chi connectivity index (χ0v) is 20.2. The number of imidazole rings is 1. The fourth-order valence-corrected chi connectivity index (χ4v) is 3.66. The van der Waals surface area contributed by atoms with Gasteiger partial charge in [-0.3, -0.25) is 28.8 Å². The third-order valence-corrected chi connectivity index (χ3v) is 5.73. The number of rotatable bonds is 17. The molecule has 0 saturated carbocycles. The summed E-state index contributed by atoms with van der Waals surface area (Å²) < 4.78 is 0. The number of amides is 3. The van der Waals surface area contributed by atoms with Gasteiger partial charge in [0.25, 0.3) is 0 Å². The second-order valence-electron chi connectivity index (χ2n) is 7.64. The summed E-state index contributed by atoms with van der Waals surface area (Å²) in [7, 11) is 0. The first-order valence-electron chi connectivity index (χ1n) is 10.9. The van der Waals surface area contributed by atoms with E-state index in [-0.39, 0.29) is 31.4 Å². The van der Waals surface area contributed by atoms with Gasteiger partial charge in [0.05, 0.1) is 6.33 Å². The molecule has 0 aliphatic carbocycles. The molecule has 0 aromatic carbocycles. The first-order valence-corrected chi connectivity index (χ1v) is 11.9. The normalized spacial score (nSPS) is 13.2. The Morgan fingerprint density at radius 3 is 2.31 bits per heavy atom. The molecule has 1 rings (SSSR count). The van der Waals surface area contributed by atoms with E-state index in [2.05, 4.69) is 25.9 Å². The third kappa shape index (κ3) is 12.3. The van der Waals surface area contributed by atoms with Gasteiger partial charge in [-0.05, 0) is 19.4 Å². The number of nitrogens with two attached hydrogens (primary N) is 2. The molecule has 1 aromatic heterocycles. The first-order chi connectivity index (χ1) is 17.0. The van der Waals surface area contributed by atoms with Crippen LogP contribution >= 0.6 is 11.8 Å². The van der Waals surface area contributed by atoms with Crippen molar-refractivity contribution >= 4 is 46.5 Å². The Hall–Kier alpha value is -3.50. The molecule has 10 N–H and O–H groups in total. The molecule has 1 heterocycles. The summed E-state index contributed by atoms with van der Waals surface area (Å²) in [6.07, 6.45) is 3.02. The molecule has 16 heteroatoms. The van der Waals surface area contributed by atoms with Crippen LogP contribution in [0.2, 0.25) is 0 Å². The summed E-state index contributed by atoms with van der Waals surface area (Å²) >= 11 is 0.660. The molecule has 3 unspecified atom stereocenters. The summed E-state index contributed by atoms with van der Waals surface area (Å²) in [5.41, 5.74) is 11.4. The van der Waals surface area contributed by atoms with Gasteiger partial charge in [-0.1, -0.05) is 11.8 Å². The monoisotopic (exact) mass is 529 g/mol. The molecule has 0 aliphatic heterocycles. The molecule has 3 amide bonds. The number of nitrogens with zero attached hydrogens (tertiary/aromatic N) is 1. The predicted molar refractivity (Wildman–Crippen MR) is 127 cm³/mol. The van der Waals surface area contributed by atoms with Crippen LogP contribution in [0.1, 0.15) is 31.4 Å². The van der Waals surface area contributed by atoms with E-state index < -0.39 is 59.4 Å². The van der Waals surface area contributed by atoms with Crippen LogP contribution < -0.4 is 27.4 Å². The van der Waals surface area contributed by atoms with E-state index >= 15 is 0 Å². The van der Waals surface area contributed by atoms with Crippen molar-refractivity contribution in [2.75, 3.05) is 18.8 Å². The molecule has 0 fully saturated rings. The largest absolute Gasteiger partial charge is 0.480 e. The van der Waals surface area contributed by atoms with Crippen LogP contribution in [0.15, 0.2) is 12.5 Å². The molecule has 0 spiro atoms.